The van der Waals surface area contributed by atoms with Gasteiger partial charge in [-0.25, -0.2) is 0 Å². The van der Waals surface area contributed by atoms with Crippen LogP contribution in [0.5, 0.6) is 0 Å². The lowest BCUT2D eigenvalue weighted by Gasteiger charge is -2.08. The highest BCUT2D eigenvalue weighted by Crippen LogP contribution is 2.15. The largest absolute Gasteiger partial charge is 0.469 e. The molecule has 0 N–H and O–H groups in total. The molecule has 1 rings (SSSR count). The first kappa shape index (κ1) is 11.2. The summed E-state index contributed by atoms with van der Waals surface area (Å²) in [7, 11) is 1.30. The number of ether oxygens (including phenoxy) is 1. The molecular weight excluding hydrogens is 202 g/mol. The Labute approximate surface area is 85.8 Å². The highest BCUT2D eigenvalue weighted by Gasteiger charge is 2.16. The number of methoxy groups -OCH3 is 1. The van der Waals surface area contributed by atoms with Gasteiger partial charge in [-0.15, -0.1) is 0 Å². The van der Waals surface area contributed by atoms with Gasteiger partial charge >= 0.3 is 11.8 Å². The molecule has 1 unspecified atom stereocenters. The average Bonchev–Trinajstić information content (AvgIpc) is 2.66. The standard InChI is InChI=1S/C8H11N3O4/c1-6(3-8(12)15-2)10-4-7(9-5-10)11(13)14/h4-6H,3H2,1-2H3. The van der Waals surface area contributed by atoms with E-state index in [0.29, 0.717) is 0 Å². The van der Waals surface area contributed by atoms with E-state index >= 15 is 0 Å². The molecule has 7 heteroatoms. The van der Waals surface area contributed by atoms with Gasteiger partial charge in [0.2, 0.25) is 6.33 Å². The molecular formula is C8H11N3O4. The first-order chi connectivity index (χ1) is 7.04. The molecule has 82 valence electrons. The molecule has 1 heterocycles. The van der Waals surface area contributed by atoms with Gasteiger partial charge in [0.05, 0.1) is 13.5 Å². The van der Waals surface area contributed by atoms with Crippen LogP contribution in [0.3, 0.4) is 0 Å². The van der Waals surface area contributed by atoms with Crippen LogP contribution in [-0.2, 0) is 9.53 Å². The first-order valence-corrected chi connectivity index (χ1v) is 4.29. The molecule has 0 spiro atoms. The fourth-order valence-electron chi connectivity index (χ4n) is 1.09. The number of nitrogens with zero attached hydrogens (tertiary/aromatic N) is 3. The number of carbonyl (C=O) groups is 1. The highest BCUT2D eigenvalue weighted by molar-refractivity contribution is 5.69. The number of esters is 1. The third kappa shape index (κ3) is 2.76. The number of carbonyl (C=O) groups excluding carboxylic acids is 1. The maximum absolute atomic E-state index is 10.9. The number of imidazole rings is 1. The molecule has 0 saturated carbocycles. The monoisotopic (exact) mass is 213 g/mol. The zero-order valence-corrected chi connectivity index (χ0v) is 8.41. The third-order valence-corrected chi connectivity index (χ3v) is 1.97. The molecule has 0 saturated heterocycles. The van der Waals surface area contributed by atoms with Gasteiger partial charge in [-0.3, -0.25) is 4.79 Å². The number of aromatic nitrogens is 2. The predicted octanol–water partition coefficient (Wildman–Crippen LogP) is 0.915. The quantitative estimate of drug-likeness (QED) is 0.421. The Morgan fingerprint density at radius 1 is 1.80 bits per heavy atom. The van der Waals surface area contributed by atoms with E-state index in [1.54, 1.807) is 6.92 Å². The fourth-order valence-corrected chi connectivity index (χ4v) is 1.09. The topological polar surface area (TPSA) is 87.3 Å². The van der Waals surface area contributed by atoms with Crippen molar-refractivity contribution in [3.63, 3.8) is 0 Å². The zero-order chi connectivity index (χ0) is 11.4. The lowest BCUT2D eigenvalue weighted by molar-refractivity contribution is -0.389. The molecule has 0 bridgehead atoms. The van der Waals surface area contributed by atoms with E-state index in [2.05, 4.69) is 9.72 Å². The number of rotatable bonds is 4. The summed E-state index contributed by atoms with van der Waals surface area (Å²) in [5, 5.41) is 10.4. The predicted molar refractivity (Wildman–Crippen MR) is 50.2 cm³/mol. The molecule has 1 aromatic heterocycles. The molecule has 15 heavy (non-hydrogen) atoms. The minimum absolute atomic E-state index is 0.157. The molecule has 0 amide bonds. The van der Waals surface area contributed by atoms with Crippen molar-refractivity contribution in [3.05, 3.63) is 22.6 Å². The van der Waals surface area contributed by atoms with Crippen LogP contribution in [0.2, 0.25) is 0 Å². The fraction of sp³-hybridized carbons (Fsp3) is 0.500. The Hall–Kier alpha value is -1.92. The van der Waals surface area contributed by atoms with Crippen LogP contribution in [0.4, 0.5) is 5.82 Å². The van der Waals surface area contributed by atoms with Crippen LogP contribution >= 0.6 is 0 Å². The summed E-state index contributed by atoms with van der Waals surface area (Å²) < 4.78 is 6.00. The normalized spacial score (nSPS) is 12.1. The van der Waals surface area contributed by atoms with Gasteiger partial charge < -0.3 is 19.4 Å². The van der Waals surface area contributed by atoms with Crippen LogP contribution in [0.15, 0.2) is 12.5 Å². The minimum Gasteiger partial charge on any atom is -0.469 e. The summed E-state index contributed by atoms with van der Waals surface area (Å²) >= 11 is 0. The SMILES string of the molecule is COC(=O)CC(C)n1cnc([N+](=O)[O-])c1. The first-order valence-electron chi connectivity index (χ1n) is 4.29. The summed E-state index contributed by atoms with van der Waals surface area (Å²) in [4.78, 5) is 24.3. The van der Waals surface area contributed by atoms with Crippen molar-refractivity contribution in [1.29, 1.82) is 0 Å². The third-order valence-electron chi connectivity index (χ3n) is 1.97. The Morgan fingerprint density at radius 3 is 2.93 bits per heavy atom. The van der Waals surface area contributed by atoms with E-state index in [4.69, 9.17) is 0 Å². The summed E-state index contributed by atoms with van der Waals surface area (Å²) in [5.74, 6) is -0.592. The molecule has 1 aromatic rings. The van der Waals surface area contributed by atoms with Gasteiger partial charge in [-0.05, 0) is 16.8 Å². The lowest BCUT2D eigenvalue weighted by atomic mass is 10.2. The van der Waals surface area contributed by atoms with Crippen molar-refractivity contribution in [2.45, 2.75) is 19.4 Å². The van der Waals surface area contributed by atoms with Gasteiger partial charge in [-0.1, -0.05) is 0 Å². The molecule has 0 aliphatic rings. The van der Waals surface area contributed by atoms with E-state index in [0.717, 1.165) is 0 Å². The summed E-state index contributed by atoms with van der Waals surface area (Å²) in [6, 6.07) is -0.210. The van der Waals surface area contributed by atoms with Crippen molar-refractivity contribution in [3.8, 4) is 0 Å². The Morgan fingerprint density at radius 2 is 2.47 bits per heavy atom. The Kier molecular flexibility index (Phi) is 3.37. The van der Waals surface area contributed by atoms with Crippen LogP contribution in [0.1, 0.15) is 19.4 Å². The molecule has 7 nitrogen and oxygen atoms in total. The van der Waals surface area contributed by atoms with Gasteiger partial charge in [0, 0.05) is 6.04 Å². The maximum Gasteiger partial charge on any atom is 0.381 e. The molecule has 0 aromatic carbocycles. The molecule has 0 fully saturated rings. The number of hydrogen-bond acceptors (Lipinski definition) is 5. The average molecular weight is 213 g/mol. The van der Waals surface area contributed by atoms with E-state index in [9.17, 15) is 14.9 Å². The van der Waals surface area contributed by atoms with Crippen molar-refractivity contribution < 1.29 is 14.5 Å². The summed E-state index contributed by atoms with van der Waals surface area (Å²) in [6.45, 7) is 1.75. The van der Waals surface area contributed by atoms with Gasteiger partial charge in [-0.2, -0.15) is 0 Å². The van der Waals surface area contributed by atoms with Crippen molar-refractivity contribution in [2.24, 2.45) is 0 Å². The highest BCUT2D eigenvalue weighted by atomic mass is 16.6. The maximum atomic E-state index is 10.9. The van der Waals surface area contributed by atoms with E-state index < -0.39 is 4.92 Å². The van der Waals surface area contributed by atoms with Crippen LogP contribution in [0, 0.1) is 10.1 Å². The molecule has 0 aliphatic heterocycles. The summed E-state index contributed by atoms with van der Waals surface area (Å²) in [6.07, 6.45) is 2.77. The Balaban J connectivity index is 2.69. The van der Waals surface area contributed by atoms with Crippen LogP contribution in [0.25, 0.3) is 0 Å². The van der Waals surface area contributed by atoms with Gasteiger partial charge in [0.25, 0.3) is 0 Å². The number of hydrogen-bond donors (Lipinski definition) is 0. The van der Waals surface area contributed by atoms with E-state index in [-0.39, 0.29) is 24.2 Å². The molecule has 1 atom stereocenters. The second-order valence-corrected chi connectivity index (χ2v) is 3.07. The second-order valence-electron chi connectivity index (χ2n) is 3.07. The van der Waals surface area contributed by atoms with Crippen LogP contribution in [-0.4, -0.2) is 27.6 Å². The van der Waals surface area contributed by atoms with Gasteiger partial charge in [0.15, 0.2) is 0 Å². The number of nitro groups is 1. The summed E-state index contributed by atoms with van der Waals surface area (Å²) in [5.41, 5.74) is 0. The zero-order valence-electron chi connectivity index (χ0n) is 8.41. The molecule has 0 aliphatic carbocycles. The van der Waals surface area contributed by atoms with Crippen molar-refractivity contribution >= 4 is 11.8 Å². The molecule has 0 radical (unpaired) electrons. The minimum atomic E-state index is -0.582. The van der Waals surface area contributed by atoms with Crippen molar-refractivity contribution in [1.82, 2.24) is 9.55 Å². The van der Waals surface area contributed by atoms with E-state index in [1.807, 2.05) is 0 Å². The van der Waals surface area contributed by atoms with Crippen molar-refractivity contribution in [2.75, 3.05) is 7.11 Å². The van der Waals surface area contributed by atoms with Crippen LogP contribution < -0.4 is 0 Å². The second kappa shape index (κ2) is 4.54. The van der Waals surface area contributed by atoms with Gasteiger partial charge in [0.1, 0.15) is 6.20 Å². The van der Waals surface area contributed by atoms with E-state index in [1.165, 1.54) is 24.2 Å². The smallest absolute Gasteiger partial charge is 0.381 e. The lowest BCUT2D eigenvalue weighted by Crippen LogP contribution is -2.10. The Bertz CT molecular complexity index is 374.